The van der Waals surface area contributed by atoms with Gasteiger partial charge in [0.2, 0.25) is 0 Å². The van der Waals surface area contributed by atoms with Crippen molar-refractivity contribution in [2.24, 2.45) is 5.92 Å². The lowest BCUT2D eigenvalue weighted by atomic mass is 10.00. The Kier molecular flexibility index (Phi) is 3.78. The minimum absolute atomic E-state index is 0.846. The molecule has 0 saturated heterocycles. The van der Waals surface area contributed by atoms with E-state index in [-0.39, 0.29) is 0 Å². The van der Waals surface area contributed by atoms with Crippen LogP contribution >= 0.6 is 0 Å². The van der Waals surface area contributed by atoms with Gasteiger partial charge in [-0.05, 0) is 36.5 Å². The first-order chi connectivity index (χ1) is 5.83. The van der Waals surface area contributed by atoms with Crippen LogP contribution in [0.4, 0.5) is 0 Å². The van der Waals surface area contributed by atoms with Gasteiger partial charge in [0.1, 0.15) is 0 Å². The molecule has 0 fully saturated rings. The Labute approximate surface area is 74.8 Å². The smallest absolute Gasteiger partial charge is 0.0270 e. The van der Waals surface area contributed by atoms with Crippen LogP contribution in [0.3, 0.4) is 0 Å². The van der Waals surface area contributed by atoms with Crippen molar-refractivity contribution in [1.29, 1.82) is 0 Å². The van der Waals surface area contributed by atoms with E-state index in [0.717, 1.165) is 5.92 Å². The van der Waals surface area contributed by atoms with Gasteiger partial charge < -0.3 is 0 Å². The molecule has 0 saturated carbocycles. The van der Waals surface area contributed by atoms with Crippen LogP contribution in [-0.2, 0) is 6.42 Å². The molecule has 1 nitrogen and oxygen atoms in total. The largest absolute Gasteiger partial charge is 0.265 e. The van der Waals surface area contributed by atoms with E-state index in [4.69, 9.17) is 0 Å². The normalized spacial score (nSPS) is 12.8. The molecule has 66 valence electrons. The number of hydrogen-bond donors (Lipinski definition) is 0. The fourth-order valence-corrected chi connectivity index (χ4v) is 1.17. The second-order valence-corrected chi connectivity index (χ2v) is 3.41. The molecule has 1 heteroatoms. The van der Waals surface area contributed by atoms with Gasteiger partial charge in [-0.1, -0.05) is 20.3 Å². The van der Waals surface area contributed by atoms with Crippen LogP contribution < -0.4 is 0 Å². The van der Waals surface area contributed by atoms with Gasteiger partial charge in [-0.25, -0.2) is 0 Å². The molecule has 0 bridgehead atoms. The zero-order valence-electron chi connectivity index (χ0n) is 7.96. The van der Waals surface area contributed by atoms with E-state index in [9.17, 15) is 0 Å². The maximum atomic E-state index is 3.99. The average Bonchev–Trinajstić information content (AvgIpc) is 2.16. The Morgan fingerprint density at radius 2 is 2.00 bits per heavy atom. The predicted octanol–water partition coefficient (Wildman–Crippen LogP) is 3.06. The van der Waals surface area contributed by atoms with Crippen LogP contribution in [0.1, 0.15) is 32.3 Å². The molecule has 1 rings (SSSR count). The SMILES string of the molecule is CCC(C)CCc1ccncc1. The number of pyridine rings is 1. The fraction of sp³-hybridized carbons (Fsp3) is 0.545. The quantitative estimate of drug-likeness (QED) is 0.664. The Morgan fingerprint density at radius 3 is 2.58 bits per heavy atom. The van der Waals surface area contributed by atoms with E-state index >= 15 is 0 Å². The van der Waals surface area contributed by atoms with Crippen LogP contribution in [-0.4, -0.2) is 4.98 Å². The fourth-order valence-electron chi connectivity index (χ4n) is 1.17. The molecule has 12 heavy (non-hydrogen) atoms. The molecule has 0 radical (unpaired) electrons. The second-order valence-electron chi connectivity index (χ2n) is 3.41. The first-order valence-corrected chi connectivity index (χ1v) is 4.71. The summed E-state index contributed by atoms with van der Waals surface area (Å²) in [7, 11) is 0. The van der Waals surface area contributed by atoms with Crippen molar-refractivity contribution in [2.45, 2.75) is 33.1 Å². The lowest BCUT2D eigenvalue weighted by Gasteiger charge is -2.06. The minimum atomic E-state index is 0.846. The van der Waals surface area contributed by atoms with Gasteiger partial charge in [0.15, 0.2) is 0 Å². The number of hydrogen-bond acceptors (Lipinski definition) is 1. The number of aryl methyl sites for hydroxylation is 1. The van der Waals surface area contributed by atoms with Gasteiger partial charge in [-0.3, -0.25) is 4.98 Å². The molecule has 0 aliphatic carbocycles. The summed E-state index contributed by atoms with van der Waals surface area (Å²) in [5.41, 5.74) is 1.41. The Balaban J connectivity index is 2.33. The minimum Gasteiger partial charge on any atom is -0.265 e. The number of rotatable bonds is 4. The maximum Gasteiger partial charge on any atom is 0.0270 e. The predicted molar refractivity (Wildman–Crippen MR) is 52.0 cm³/mol. The van der Waals surface area contributed by atoms with Crippen molar-refractivity contribution in [2.75, 3.05) is 0 Å². The topological polar surface area (TPSA) is 12.9 Å². The Morgan fingerprint density at radius 1 is 1.33 bits per heavy atom. The molecule has 0 N–H and O–H groups in total. The molecule has 0 aromatic carbocycles. The van der Waals surface area contributed by atoms with E-state index in [1.807, 2.05) is 12.4 Å². The first-order valence-electron chi connectivity index (χ1n) is 4.71. The van der Waals surface area contributed by atoms with E-state index in [0.29, 0.717) is 0 Å². The van der Waals surface area contributed by atoms with E-state index in [2.05, 4.69) is 31.0 Å². The van der Waals surface area contributed by atoms with Gasteiger partial charge in [0, 0.05) is 12.4 Å². The third-order valence-electron chi connectivity index (χ3n) is 2.37. The number of aromatic nitrogens is 1. The first kappa shape index (κ1) is 9.24. The van der Waals surface area contributed by atoms with Crippen molar-refractivity contribution in [1.82, 2.24) is 4.98 Å². The standard InChI is InChI=1S/C11H17N/c1-3-10(2)4-5-11-6-8-12-9-7-11/h6-10H,3-5H2,1-2H3. The summed E-state index contributed by atoms with van der Waals surface area (Å²) in [5.74, 6) is 0.846. The molecular weight excluding hydrogens is 146 g/mol. The summed E-state index contributed by atoms with van der Waals surface area (Å²) in [6.07, 6.45) is 7.50. The zero-order valence-corrected chi connectivity index (χ0v) is 7.96. The molecule has 1 aromatic rings. The van der Waals surface area contributed by atoms with Gasteiger partial charge in [0.25, 0.3) is 0 Å². The molecule has 0 aliphatic rings. The van der Waals surface area contributed by atoms with E-state index in [1.165, 1.54) is 24.8 Å². The highest BCUT2D eigenvalue weighted by Gasteiger charge is 1.98. The van der Waals surface area contributed by atoms with Gasteiger partial charge in [-0.2, -0.15) is 0 Å². The third-order valence-corrected chi connectivity index (χ3v) is 2.37. The Bertz CT molecular complexity index is 206. The van der Waals surface area contributed by atoms with Crippen LogP contribution in [0, 0.1) is 5.92 Å². The van der Waals surface area contributed by atoms with E-state index in [1.54, 1.807) is 0 Å². The Hall–Kier alpha value is -0.850. The van der Waals surface area contributed by atoms with Gasteiger partial charge in [0.05, 0.1) is 0 Å². The molecule has 0 amide bonds. The molecule has 0 spiro atoms. The summed E-state index contributed by atoms with van der Waals surface area (Å²) < 4.78 is 0. The van der Waals surface area contributed by atoms with Gasteiger partial charge in [-0.15, -0.1) is 0 Å². The highest BCUT2D eigenvalue weighted by molar-refractivity contribution is 5.09. The van der Waals surface area contributed by atoms with Crippen molar-refractivity contribution in [3.8, 4) is 0 Å². The molecule has 1 heterocycles. The van der Waals surface area contributed by atoms with Crippen molar-refractivity contribution >= 4 is 0 Å². The second kappa shape index (κ2) is 4.91. The lowest BCUT2D eigenvalue weighted by Crippen LogP contribution is -1.95. The molecule has 1 unspecified atom stereocenters. The van der Waals surface area contributed by atoms with Gasteiger partial charge >= 0.3 is 0 Å². The maximum absolute atomic E-state index is 3.99. The van der Waals surface area contributed by atoms with Crippen LogP contribution in [0.15, 0.2) is 24.5 Å². The zero-order chi connectivity index (χ0) is 8.81. The van der Waals surface area contributed by atoms with Crippen LogP contribution in [0.5, 0.6) is 0 Å². The average molecular weight is 163 g/mol. The summed E-state index contributed by atoms with van der Waals surface area (Å²) in [6.45, 7) is 4.55. The molecule has 1 aromatic heterocycles. The molecular formula is C11H17N. The van der Waals surface area contributed by atoms with Crippen molar-refractivity contribution < 1.29 is 0 Å². The van der Waals surface area contributed by atoms with Crippen LogP contribution in [0.25, 0.3) is 0 Å². The summed E-state index contributed by atoms with van der Waals surface area (Å²) in [5, 5.41) is 0. The lowest BCUT2D eigenvalue weighted by molar-refractivity contribution is 0.516. The van der Waals surface area contributed by atoms with Crippen molar-refractivity contribution in [3.63, 3.8) is 0 Å². The highest BCUT2D eigenvalue weighted by atomic mass is 14.6. The van der Waals surface area contributed by atoms with Crippen LogP contribution in [0.2, 0.25) is 0 Å². The monoisotopic (exact) mass is 163 g/mol. The third kappa shape index (κ3) is 3.04. The highest BCUT2D eigenvalue weighted by Crippen LogP contribution is 2.10. The van der Waals surface area contributed by atoms with E-state index < -0.39 is 0 Å². The summed E-state index contributed by atoms with van der Waals surface area (Å²) in [4.78, 5) is 3.99. The summed E-state index contributed by atoms with van der Waals surface area (Å²) in [6, 6.07) is 4.20. The number of nitrogens with zero attached hydrogens (tertiary/aromatic N) is 1. The molecule has 1 atom stereocenters. The van der Waals surface area contributed by atoms with Crippen molar-refractivity contribution in [3.05, 3.63) is 30.1 Å². The molecule has 0 aliphatic heterocycles. The summed E-state index contributed by atoms with van der Waals surface area (Å²) >= 11 is 0.